The topological polar surface area (TPSA) is 68.1 Å². The predicted octanol–water partition coefficient (Wildman–Crippen LogP) is 2.78. The molecule has 0 bridgehead atoms. The summed E-state index contributed by atoms with van der Waals surface area (Å²) in [5, 5.41) is 12.8. The van der Waals surface area contributed by atoms with Crippen LogP contribution in [0, 0.1) is 5.92 Å². The van der Waals surface area contributed by atoms with Gasteiger partial charge < -0.3 is 14.7 Å². The third-order valence-corrected chi connectivity index (χ3v) is 2.84. The fourth-order valence-electron chi connectivity index (χ4n) is 1.88. The predicted molar refractivity (Wildman–Crippen MR) is 79.0 cm³/mol. The Labute approximate surface area is 122 Å². The lowest BCUT2D eigenvalue weighted by Gasteiger charge is -2.16. The summed E-state index contributed by atoms with van der Waals surface area (Å²) in [5.74, 6) is -0.976. The molecular weight excluding hydrogens is 270 g/mol. The summed E-state index contributed by atoms with van der Waals surface area (Å²) < 4.78 is 5.55. The van der Waals surface area contributed by atoms with E-state index in [1.807, 2.05) is 36.4 Å². The molecule has 0 fully saturated rings. The van der Waals surface area contributed by atoms with Crippen molar-refractivity contribution in [2.45, 2.75) is 0 Å². The average molecular weight is 285 g/mol. The van der Waals surface area contributed by atoms with E-state index in [0.717, 1.165) is 0 Å². The minimum atomic E-state index is -1.13. The van der Waals surface area contributed by atoms with E-state index in [9.17, 15) is 9.90 Å². The molecule has 0 radical (unpaired) electrons. The zero-order chi connectivity index (χ0) is 15.1. The van der Waals surface area contributed by atoms with Gasteiger partial charge in [-0.3, -0.25) is 0 Å². The number of carboxylic acid groups (broad SMARTS) is 1. The standard InChI is InChI=1S/C16H15NO4/c1-20-17-15(16(18)19)14-10-6-5-7-12(14)11-21-13-8-3-2-4-9-13/h2-11,14H,1H3,(H,18,19). The molecule has 0 amide bonds. The lowest BCUT2D eigenvalue weighted by Crippen LogP contribution is -2.25. The number of hydrogen-bond donors (Lipinski definition) is 1. The van der Waals surface area contributed by atoms with E-state index in [1.165, 1.54) is 13.4 Å². The Hall–Kier alpha value is -2.82. The summed E-state index contributed by atoms with van der Waals surface area (Å²) in [4.78, 5) is 15.9. The van der Waals surface area contributed by atoms with Crippen LogP contribution in [0.3, 0.4) is 0 Å². The zero-order valence-corrected chi connectivity index (χ0v) is 11.5. The molecule has 108 valence electrons. The number of nitrogens with zero attached hydrogens (tertiary/aromatic N) is 1. The number of carbonyl (C=O) groups is 1. The lowest BCUT2D eigenvalue weighted by atomic mass is 9.91. The summed E-state index contributed by atoms with van der Waals surface area (Å²) in [5.41, 5.74) is 0.584. The largest absolute Gasteiger partial charge is 0.477 e. The first-order valence-electron chi connectivity index (χ1n) is 6.33. The molecule has 5 nitrogen and oxygen atoms in total. The van der Waals surface area contributed by atoms with Gasteiger partial charge in [0.15, 0.2) is 5.71 Å². The maximum Gasteiger partial charge on any atom is 0.354 e. The van der Waals surface area contributed by atoms with Gasteiger partial charge in [-0.25, -0.2) is 4.79 Å². The molecule has 2 rings (SSSR count). The molecule has 1 aromatic carbocycles. The van der Waals surface area contributed by atoms with E-state index in [4.69, 9.17) is 4.74 Å². The van der Waals surface area contributed by atoms with Crippen LogP contribution in [0.15, 0.2) is 71.6 Å². The molecule has 21 heavy (non-hydrogen) atoms. The zero-order valence-electron chi connectivity index (χ0n) is 11.5. The van der Waals surface area contributed by atoms with Crippen molar-refractivity contribution in [2.75, 3.05) is 7.11 Å². The van der Waals surface area contributed by atoms with Crippen molar-refractivity contribution in [3.05, 3.63) is 66.5 Å². The highest BCUT2D eigenvalue weighted by Crippen LogP contribution is 2.22. The maximum absolute atomic E-state index is 11.3. The highest BCUT2D eigenvalue weighted by molar-refractivity contribution is 6.37. The number of hydrogen-bond acceptors (Lipinski definition) is 4. The van der Waals surface area contributed by atoms with Crippen LogP contribution >= 0.6 is 0 Å². The van der Waals surface area contributed by atoms with Gasteiger partial charge in [-0.1, -0.05) is 47.7 Å². The molecular formula is C16H15NO4. The van der Waals surface area contributed by atoms with Gasteiger partial charge in [0.25, 0.3) is 0 Å². The number of carboxylic acids is 1. The smallest absolute Gasteiger partial charge is 0.354 e. The molecule has 0 heterocycles. The van der Waals surface area contributed by atoms with Crippen LogP contribution in [0.2, 0.25) is 0 Å². The molecule has 1 unspecified atom stereocenters. The summed E-state index contributed by atoms with van der Waals surface area (Å²) in [6.45, 7) is 0. The normalized spacial score (nSPS) is 19.6. The molecule has 1 atom stereocenters. The van der Waals surface area contributed by atoms with Crippen molar-refractivity contribution in [1.29, 1.82) is 0 Å². The second-order valence-electron chi connectivity index (χ2n) is 4.23. The van der Waals surface area contributed by atoms with Crippen molar-refractivity contribution in [1.82, 2.24) is 0 Å². The highest BCUT2D eigenvalue weighted by atomic mass is 16.6. The molecule has 0 spiro atoms. The minimum Gasteiger partial charge on any atom is -0.477 e. The van der Waals surface area contributed by atoms with Gasteiger partial charge >= 0.3 is 5.97 Å². The van der Waals surface area contributed by atoms with E-state index >= 15 is 0 Å². The van der Waals surface area contributed by atoms with Crippen molar-refractivity contribution >= 4 is 11.7 Å². The summed E-state index contributed by atoms with van der Waals surface area (Å²) in [6, 6.07) is 9.24. The Morgan fingerprint density at radius 3 is 2.71 bits per heavy atom. The van der Waals surface area contributed by atoms with Crippen LogP contribution in [0.5, 0.6) is 5.75 Å². The van der Waals surface area contributed by atoms with Gasteiger partial charge in [0, 0.05) is 5.57 Å². The number of para-hydroxylation sites is 1. The summed E-state index contributed by atoms with van der Waals surface area (Å²) >= 11 is 0. The fraction of sp³-hybridized carbons (Fsp3) is 0.125. The van der Waals surface area contributed by atoms with Crippen LogP contribution < -0.4 is 4.74 Å². The van der Waals surface area contributed by atoms with Crippen LogP contribution in [0.4, 0.5) is 0 Å². The molecule has 0 saturated carbocycles. The van der Waals surface area contributed by atoms with E-state index in [-0.39, 0.29) is 5.71 Å². The maximum atomic E-state index is 11.3. The first-order chi connectivity index (χ1) is 10.2. The first-order valence-corrected chi connectivity index (χ1v) is 6.33. The van der Waals surface area contributed by atoms with E-state index in [0.29, 0.717) is 11.3 Å². The summed E-state index contributed by atoms with van der Waals surface area (Å²) in [6.07, 6.45) is 8.60. The Morgan fingerprint density at radius 2 is 2.05 bits per heavy atom. The SMILES string of the molecule is CON=C(C(=O)O)C1C=CC=CC1=COc1ccccc1. The minimum absolute atomic E-state index is 0.0963. The number of aliphatic carboxylic acids is 1. The van der Waals surface area contributed by atoms with E-state index in [2.05, 4.69) is 9.99 Å². The molecule has 0 aliphatic heterocycles. The van der Waals surface area contributed by atoms with Gasteiger partial charge in [-0.05, 0) is 12.1 Å². The van der Waals surface area contributed by atoms with Gasteiger partial charge in [0.1, 0.15) is 12.9 Å². The molecule has 5 heteroatoms. The highest BCUT2D eigenvalue weighted by Gasteiger charge is 2.25. The van der Waals surface area contributed by atoms with Crippen molar-refractivity contribution in [3.8, 4) is 5.75 Å². The number of oxime groups is 1. The van der Waals surface area contributed by atoms with Gasteiger partial charge in [-0.15, -0.1) is 0 Å². The molecule has 0 aromatic heterocycles. The Bertz CT molecular complexity index is 614. The quantitative estimate of drug-likeness (QED) is 0.513. The number of rotatable bonds is 5. The van der Waals surface area contributed by atoms with Crippen LogP contribution in [-0.2, 0) is 9.63 Å². The molecule has 1 aliphatic rings. The second-order valence-corrected chi connectivity index (χ2v) is 4.23. The summed E-state index contributed by atoms with van der Waals surface area (Å²) in [7, 11) is 1.31. The van der Waals surface area contributed by atoms with Crippen molar-refractivity contribution in [3.63, 3.8) is 0 Å². The number of ether oxygens (including phenoxy) is 1. The van der Waals surface area contributed by atoms with Crippen LogP contribution in [-0.4, -0.2) is 23.9 Å². The van der Waals surface area contributed by atoms with Crippen molar-refractivity contribution < 1.29 is 19.5 Å². The van der Waals surface area contributed by atoms with Crippen LogP contribution in [0.25, 0.3) is 0 Å². The Balaban J connectivity index is 2.24. The fourth-order valence-corrected chi connectivity index (χ4v) is 1.88. The molecule has 0 saturated heterocycles. The lowest BCUT2D eigenvalue weighted by molar-refractivity contribution is -0.129. The Kier molecular flexibility index (Phi) is 4.93. The second kappa shape index (κ2) is 7.09. The molecule has 1 aromatic rings. The number of allylic oxidation sites excluding steroid dienone is 5. The first kappa shape index (κ1) is 14.6. The monoisotopic (exact) mass is 285 g/mol. The third-order valence-electron chi connectivity index (χ3n) is 2.84. The Morgan fingerprint density at radius 1 is 1.29 bits per heavy atom. The molecule has 1 N–H and O–H groups in total. The molecule has 1 aliphatic carbocycles. The van der Waals surface area contributed by atoms with Gasteiger partial charge in [0.2, 0.25) is 0 Å². The van der Waals surface area contributed by atoms with Crippen molar-refractivity contribution in [2.24, 2.45) is 11.1 Å². The third kappa shape index (κ3) is 3.82. The van der Waals surface area contributed by atoms with E-state index in [1.54, 1.807) is 18.2 Å². The van der Waals surface area contributed by atoms with Gasteiger partial charge in [-0.2, -0.15) is 0 Å². The number of benzene rings is 1. The van der Waals surface area contributed by atoms with Gasteiger partial charge in [0.05, 0.1) is 12.2 Å². The van der Waals surface area contributed by atoms with Crippen LogP contribution in [0.1, 0.15) is 0 Å². The van der Waals surface area contributed by atoms with E-state index < -0.39 is 11.9 Å². The average Bonchev–Trinajstić information content (AvgIpc) is 2.52.